The second kappa shape index (κ2) is 10.0. The molecule has 0 aliphatic carbocycles. The molecule has 3 aromatic carbocycles. The molecule has 4 aromatic rings. The molecule has 0 fully saturated rings. The highest BCUT2D eigenvalue weighted by Gasteiger charge is 2.11. The van der Waals surface area contributed by atoms with Crippen molar-refractivity contribution >= 4 is 17.0 Å². The lowest BCUT2D eigenvalue weighted by Crippen LogP contribution is -2.28. The van der Waals surface area contributed by atoms with Crippen molar-refractivity contribution in [1.29, 1.82) is 0 Å². The van der Waals surface area contributed by atoms with Crippen molar-refractivity contribution in [2.24, 2.45) is 0 Å². The molecule has 1 aromatic heterocycles. The Hall–Kier alpha value is -3.44. The molecule has 5 nitrogen and oxygen atoms in total. The van der Waals surface area contributed by atoms with Crippen LogP contribution in [0.1, 0.15) is 33.8 Å². The van der Waals surface area contributed by atoms with Gasteiger partial charge in [-0.15, -0.1) is 0 Å². The highest BCUT2D eigenvalue weighted by molar-refractivity contribution is 5.97. The molecule has 0 aliphatic heterocycles. The number of hydrogen-bond acceptors (Lipinski definition) is 4. The summed E-state index contributed by atoms with van der Waals surface area (Å²) in [6.07, 6.45) is 1.52. The molecular weight excluding hydrogens is 386 g/mol. The Labute approximate surface area is 182 Å². The fraction of sp³-hybridized carbons (Fsp3) is 0.231. The van der Waals surface area contributed by atoms with E-state index in [1.165, 1.54) is 5.56 Å². The first-order valence-electron chi connectivity index (χ1n) is 10.6. The third-order valence-electron chi connectivity index (χ3n) is 5.19. The van der Waals surface area contributed by atoms with Crippen molar-refractivity contribution in [1.82, 2.24) is 15.2 Å². The number of nitrogens with zero attached hydrogens (tertiary/aromatic N) is 2. The van der Waals surface area contributed by atoms with Gasteiger partial charge in [-0.3, -0.25) is 4.79 Å². The number of nitrogens with one attached hydrogen (secondary N) is 1. The minimum Gasteiger partial charge on any atom is -0.440 e. The Balaban J connectivity index is 1.27. The van der Waals surface area contributed by atoms with Crippen LogP contribution in [-0.2, 0) is 13.0 Å². The van der Waals surface area contributed by atoms with Crippen LogP contribution < -0.4 is 5.32 Å². The number of carbonyl (C=O) groups is 1. The summed E-state index contributed by atoms with van der Waals surface area (Å²) in [6, 6.07) is 25.9. The van der Waals surface area contributed by atoms with Crippen LogP contribution in [-0.4, -0.2) is 35.9 Å². The van der Waals surface area contributed by atoms with Crippen LogP contribution in [0.4, 0.5) is 0 Å². The van der Waals surface area contributed by atoms with Crippen molar-refractivity contribution in [3.8, 4) is 0 Å². The predicted molar refractivity (Wildman–Crippen MR) is 123 cm³/mol. The van der Waals surface area contributed by atoms with Gasteiger partial charge in [0.15, 0.2) is 11.5 Å². The van der Waals surface area contributed by atoms with Crippen LogP contribution in [0.15, 0.2) is 83.3 Å². The zero-order valence-corrected chi connectivity index (χ0v) is 17.8. The molecule has 158 valence electrons. The highest BCUT2D eigenvalue weighted by atomic mass is 16.3. The van der Waals surface area contributed by atoms with Gasteiger partial charge in [0.1, 0.15) is 5.52 Å². The summed E-state index contributed by atoms with van der Waals surface area (Å²) in [5.41, 5.74) is 4.43. The topological polar surface area (TPSA) is 58.4 Å². The first kappa shape index (κ1) is 20.8. The Bertz CT molecular complexity index is 1120. The smallest absolute Gasteiger partial charge is 0.251 e. The monoisotopic (exact) mass is 413 g/mol. The molecule has 0 aliphatic rings. The van der Waals surface area contributed by atoms with Crippen LogP contribution in [0.25, 0.3) is 11.1 Å². The largest absolute Gasteiger partial charge is 0.440 e. The van der Waals surface area contributed by atoms with E-state index < -0.39 is 0 Å². The summed E-state index contributed by atoms with van der Waals surface area (Å²) in [5.74, 6) is 0.564. The molecule has 1 amide bonds. The number of aromatic nitrogens is 1. The number of benzene rings is 3. The van der Waals surface area contributed by atoms with E-state index in [1.807, 2.05) is 42.5 Å². The Morgan fingerprint density at radius 3 is 2.42 bits per heavy atom. The third kappa shape index (κ3) is 5.80. The van der Waals surface area contributed by atoms with Crippen LogP contribution in [0.5, 0.6) is 0 Å². The summed E-state index contributed by atoms with van der Waals surface area (Å²) >= 11 is 0. The van der Waals surface area contributed by atoms with Gasteiger partial charge in [0.05, 0.1) is 0 Å². The molecule has 0 saturated heterocycles. The minimum absolute atomic E-state index is 0.0892. The van der Waals surface area contributed by atoms with Gasteiger partial charge in [-0.1, -0.05) is 60.7 Å². The maximum absolute atomic E-state index is 12.5. The summed E-state index contributed by atoms with van der Waals surface area (Å²) in [5, 5.41) is 3.00. The van der Waals surface area contributed by atoms with Gasteiger partial charge in [-0.25, -0.2) is 4.98 Å². The predicted octanol–water partition coefficient (Wildman–Crippen LogP) is 4.67. The molecule has 0 radical (unpaired) electrons. The van der Waals surface area contributed by atoms with E-state index in [0.29, 0.717) is 30.0 Å². The van der Waals surface area contributed by atoms with E-state index in [-0.39, 0.29) is 5.91 Å². The van der Waals surface area contributed by atoms with Crippen molar-refractivity contribution in [3.63, 3.8) is 0 Å². The molecule has 0 saturated carbocycles. The first-order valence-corrected chi connectivity index (χ1v) is 10.6. The van der Waals surface area contributed by atoms with Crippen LogP contribution >= 0.6 is 0 Å². The fourth-order valence-corrected chi connectivity index (χ4v) is 3.59. The SMILES string of the molecule is CN(CCCNC(=O)c1ccc2nc(Cc3ccccc3)oc2c1)Cc1ccccc1. The van der Waals surface area contributed by atoms with Gasteiger partial charge in [0.25, 0.3) is 5.91 Å². The van der Waals surface area contributed by atoms with Gasteiger partial charge in [0, 0.05) is 25.1 Å². The standard InChI is InChI=1S/C26H27N3O2/c1-29(19-21-11-6-3-7-12-21)16-8-15-27-26(30)22-13-14-23-24(18-22)31-25(28-23)17-20-9-4-2-5-10-20/h2-7,9-14,18H,8,15-17,19H2,1H3,(H,27,30). The van der Waals surface area contributed by atoms with E-state index in [4.69, 9.17) is 4.42 Å². The van der Waals surface area contributed by atoms with E-state index >= 15 is 0 Å². The van der Waals surface area contributed by atoms with Crippen molar-refractivity contribution < 1.29 is 9.21 Å². The van der Waals surface area contributed by atoms with Crippen molar-refractivity contribution in [2.45, 2.75) is 19.4 Å². The summed E-state index contributed by atoms with van der Waals surface area (Å²) in [4.78, 5) is 19.3. The Morgan fingerprint density at radius 1 is 0.968 bits per heavy atom. The zero-order valence-electron chi connectivity index (χ0n) is 17.8. The summed E-state index contributed by atoms with van der Waals surface area (Å²) < 4.78 is 5.88. The quantitative estimate of drug-likeness (QED) is 0.405. The van der Waals surface area contributed by atoms with Gasteiger partial charge >= 0.3 is 0 Å². The average Bonchev–Trinajstić information content (AvgIpc) is 3.19. The lowest BCUT2D eigenvalue weighted by atomic mass is 10.1. The normalized spacial score (nSPS) is 11.2. The summed E-state index contributed by atoms with van der Waals surface area (Å²) in [6.45, 7) is 2.45. The van der Waals surface area contributed by atoms with Crippen molar-refractivity contribution in [2.75, 3.05) is 20.1 Å². The molecule has 1 N–H and O–H groups in total. The van der Waals surface area contributed by atoms with E-state index in [0.717, 1.165) is 30.6 Å². The van der Waals surface area contributed by atoms with Gasteiger partial charge in [0.2, 0.25) is 0 Å². The molecular formula is C26H27N3O2. The van der Waals surface area contributed by atoms with Gasteiger partial charge in [-0.05, 0) is 49.3 Å². The number of rotatable bonds is 9. The number of fused-ring (bicyclic) bond motifs is 1. The first-order chi connectivity index (χ1) is 15.2. The molecule has 1 heterocycles. The minimum atomic E-state index is -0.0892. The molecule has 4 rings (SSSR count). The van der Waals surface area contributed by atoms with Crippen LogP contribution in [0.3, 0.4) is 0 Å². The number of oxazole rings is 1. The number of amides is 1. The molecule has 5 heteroatoms. The number of hydrogen-bond donors (Lipinski definition) is 1. The average molecular weight is 414 g/mol. The van der Waals surface area contributed by atoms with Crippen LogP contribution in [0, 0.1) is 0 Å². The highest BCUT2D eigenvalue weighted by Crippen LogP contribution is 2.19. The lowest BCUT2D eigenvalue weighted by molar-refractivity contribution is 0.0952. The maximum Gasteiger partial charge on any atom is 0.251 e. The molecule has 0 bridgehead atoms. The molecule has 31 heavy (non-hydrogen) atoms. The second-order valence-corrected chi connectivity index (χ2v) is 7.79. The maximum atomic E-state index is 12.5. The zero-order chi connectivity index (χ0) is 21.5. The van der Waals surface area contributed by atoms with Crippen molar-refractivity contribution in [3.05, 3.63) is 101 Å². The molecule has 0 atom stereocenters. The van der Waals surface area contributed by atoms with Crippen LogP contribution in [0.2, 0.25) is 0 Å². The van der Waals surface area contributed by atoms with E-state index in [9.17, 15) is 4.79 Å². The molecule has 0 unspecified atom stereocenters. The second-order valence-electron chi connectivity index (χ2n) is 7.79. The third-order valence-corrected chi connectivity index (χ3v) is 5.19. The Morgan fingerprint density at radius 2 is 1.68 bits per heavy atom. The van der Waals surface area contributed by atoms with Gasteiger partial charge in [-0.2, -0.15) is 0 Å². The number of carbonyl (C=O) groups excluding carboxylic acids is 1. The van der Waals surface area contributed by atoms with E-state index in [2.05, 4.69) is 46.5 Å². The lowest BCUT2D eigenvalue weighted by Gasteiger charge is -2.16. The van der Waals surface area contributed by atoms with E-state index in [1.54, 1.807) is 12.1 Å². The fourth-order valence-electron chi connectivity index (χ4n) is 3.59. The summed E-state index contributed by atoms with van der Waals surface area (Å²) in [7, 11) is 2.10. The Kier molecular flexibility index (Phi) is 6.75. The molecule has 0 spiro atoms. The van der Waals surface area contributed by atoms with Gasteiger partial charge < -0.3 is 14.6 Å².